The lowest BCUT2D eigenvalue weighted by molar-refractivity contribution is 0.101. The summed E-state index contributed by atoms with van der Waals surface area (Å²) in [4.78, 5) is 11.8. The number of aliphatic hydroxyl groups is 1. The van der Waals surface area contributed by atoms with Crippen LogP contribution in [0.25, 0.3) is 0 Å². The minimum absolute atomic E-state index is 0.119. The van der Waals surface area contributed by atoms with E-state index in [9.17, 15) is 4.79 Å². The molecule has 2 aromatic rings. The van der Waals surface area contributed by atoms with Gasteiger partial charge >= 0.3 is 0 Å². The van der Waals surface area contributed by atoms with Crippen molar-refractivity contribution in [1.29, 1.82) is 0 Å². The first-order valence-electron chi connectivity index (χ1n) is 4.59. The lowest BCUT2D eigenvalue weighted by Crippen LogP contribution is -1.98. The van der Waals surface area contributed by atoms with Crippen molar-refractivity contribution in [3.8, 4) is 0 Å². The highest BCUT2D eigenvalue weighted by Gasteiger charge is 2.12. The normalized spacial score (nSPS) is 10.2. The first-order valence-corrected chi connectivity index (χ1v) is 4.59. The van der Waals surface area contributed by atoms with E-state index in [1.54, 1.807) is 30.3 Å². The van der Waals surface area contributed by atoms with Crippen LogP contribution in [0.5, 0.6) is 0 Å². The molecule has 1 heterocycles. The van der Waals surface area contributed by atoms with Crippen LogP contribution in [0.1, 0.15) is 21.7 Å². The van der Waals surface area contributed by atoms with E-state index in [2.05, 4.69) is 0 Å². The van der Waals surface area contributed by atoms with E-state index >= 15 is 0 Å². The van der Waals surface area contributed by atoms with Crippen LogP contribution in [0, 0.1) is 0 Å². The molecule has 15 heavy (non-hydrogen) atoms. The lowest BCUT2D eigenvalue weighted by Gasteiger charge is -1.95. The monoisotopic (exact) mass is 202 g/mol. The fourth-order valence-corrected chi connectivity index (χ4v) is 1.31. The Balaban J connectivity index is 2.29. The van der Waals surface area contributed by atoms with E-state index in [0.29, 0.717) is 11.1 Å². The van der Waals surface area contributed by atoms with E-state index in [-0.39, 0.29) is 18.2 Å². The lowest BCUT2D eigenvalue weighted by atomic mass is 10.1. The SMILES string of the molecule is O=C(c1ccccc1)c1cc(CO)co1. The summed E-state index contributed by atoms with van der Waals surface area (Å²) in [5.41, 5.74) is 1.19. The van der Waals surface area contributed by atoms with Gasteiger partial charge in [-0.3, -0.25) is 4.79 Å². The van der Waals surface area contributed by atoms with Crippen molar-refractivity contribution < 1.29 is 14.3 Å². The summed E-state index contributed by atoms with van der Waals surface area (Å²) in [6, 6.07) is 10.4. The fourth-order valence-electron chi connectivity index (χ4n) is 1.31. The molecule has 0 atom stereocenters. The van der Waals surface area contributed by atoms with Gasteiger partial charge in [-0.15, -0.1) is 0 Å². The van der Waals surface area contributed by atoms with Crippen LogP contribution < -0.4 is 0 Å². The van der Waals surface area contributed by atoms with E-state index < -0.39 is 0 Å². The number of carbonyl (C=O) groups is 1. The van der Waals surface area contributed by atoms with Gasteiger partial charge in [-0.2, -0.15) is 0 Å². The molecule has 0 unspecified atom stereocenters. The minimum atomic E-state index is -0.171. The third kappa shape index (κ3) is 1.97. The molecular formula is C12H10O3. The molecule has 0 aliphatic carbocycles. The summed E-state index contributed by atoms with van der Waals surface area (Å²) >= 11 is 0. The Bertz CT molecular complexity index is 457. The summed E-state index contributed by atoms with van der Waals surface area (Å²) in [6.45, 7) is -0.119. The van der Waals surface area contributed by atoms with E-state index in [4.69, 9.17) is 9.52 Å². The Morgan fingerprint density at radius 2 is 2.00 bits per heavy atom. The van der Waals surface area contributed by atoms with Crippen molar-refractivity contribution in [2.75, 3.05) is 0 Å². The third-order valence-corrected chi connectivity index (χ3v) is 2.10. The Kier molecular flexibility index (Phi) is 2.65. The van der Waals surface area contributed by atoms with Gasteiger partial charge in [-0.05, 0) is 6.07 Å². The van der Waals surface area contributed by atoms with E-state index in [1.165, 1.54) is 6.26 Å². The number of furan rings is 1. The maximum atomic E-state index is 11.8. The molecule has 0 aliphatic rings. The average Bonchev–Trinajstić information content (AvgIpc) is 2.78. The number of ketones is 1. The van der Waals surface area contributed by atoms with Crippen molar-refractivity contribution in [3.63, 3.8) is 0 Å². The Labute approximate surface area is 87.0 Å². The smallest absolute Gasteiger partial charge is 0.228 e. The largest absolute Gasteiger partial charge is 0.460 e. The van der Waals surface area contributed by atoms with Crippen LogP contribution in [0.3, 0.4) is 0 Å². The molecule has 0 spiro atoms. The molecule has 1 aromatic heterocycles. The molecule has 0 bridgehead atoms. The van der Waals surface area contributed by atoms with Gasteiger partial charge < -0.3 is 9.52 Å². The Hall–Kier alpha value is -1.87. The molecule has 76 valence electrons. The van der Waals surface area contributed by atoms with Crippen molar-refractivity contribution in [3.05, 3.63) is 59.5 Å². The quantitative estimate of drug-likeness (QED) is 0.774. The Morgan fingerprint density at radius 3 is 2.60 bits per heavy atom. The van der Waals surface area contributed by atoms with Gasteiger partial charge in [0.1, 0.15) is 0 Å². The van der Waals surface area contributed by atoms with Gasteiger partial charge in [-0.25, -0.2) is 0 Å². The van der Waals surface area contributed by atoms with Gasteiger partial charge in [0.15, 0.2) is 5.76 Å². The molecule has 0 radical (unpaired) electrons. The first kappa shape index (κ1) is 9.68. The zero-order valence-electron chi connectivity index (χ0n) is 8.01. The fraction of sp³-hybridized carbons (Fsp3) is 0.0833. The van der Waals surface area contributed by atoms with Crippen LogP contribution >= 0.6 is 0 Å². The zero-order valence-corrected chi connectivity index (χ0v) is 8.01. The second-order valence-electron chi connectivity index (χ2n) is 3.17. The molecular weight excluding hydrogens is 192 g/mol. The summed E-state index contributed by atoms with van der Waals surface area (Å²) in [6.07, 6.45) is 1.39. The van der Waals surface area contributed by atoms with Crippen molar-refractivity contribution >= 4 is 5.78 Å². The molecule has 3 heteroatoms. The average molecular weight is 202 g/mol. The molecule has 0 saturated heterocycles. The minimum Gasteiger partial charge on any atom is -0.460 e. The van der Waals surface area contributed by atoms with Gasteiger partial charge in [0.05, 0.1) is 12.9 Å². The molecule has 0 saturated carbocycles. The molecule has 0 aliphatic heterocycles. The topological polar surface area (TPSA) is 50.4 Å². The number of hydrogen-bond acceptors (Lipinski definition) is 3. The van der Waals surface area contributed by atoms with E-state index in [1.807, 2.05) is 6.07 Å². The summed E-state index contributed by atoms with van der Waals surface area (Å²) in [7, 11) is 0. The van der Waals surface area contributed by atoms with E-state index in [0.717, 1.165) is 0 Å². The highest BCUT2D eigenvalue weighted by atomic mass is 16.3. The van der Waals surface area contributed by atoms with Gasteiger partial charge in [-0.1, -0.05) is 30.3 Å². The van der Waals surface area contributed by atoms with Gasteiger partial charge in [0, 0.05) is 11.1 Å². The maximum absolute atomic E-state index is 11.8. The van der Waals surface area contributed by atoms with Gasteiger partial charge in [0.25, 0.3) is 0 Å². The standard InChI is InChI=1S/C12H10O3/c13-7-9-6-11(15-8-9)12(14)10-4-2-1-3-5-10/h1-6,8,13H,7H2. The third-order valence-electron chi connectivity index (χ3n) is 2.10. The van der Waals surface area contributed by atoms with Crippen molar-refractivity contribution in [2.45, 2.75) is 6.61 Å². The van der Waals surface area contributed by atoms with Crippen LogP contribution in [0.2, 0.25) is 0 Å². The first-order chi connectivity index (χ1) is 7.31. The number of benzene rings is 1. The van der Waals surface area contributed by atoms with Crippen LogP contribution in [-0.4, -0.2) is 10.9 Å². The number of aliphatic hydroxyl groups excluding tert-OH is 1. The maximum Gasteiger partial charge on any atom is 0.228 e. The van der Waals surface area contributed by atoms with Gasteiger partial charge in [0.2, 0.25) is 5.78 Å². The summed E-state index contributed by atoms with van der Waals surface area (Å²) in [5.74, 6) is 0.0838. The molecule has 1 N–H and O–H groups in total. The molecule has 2 rings (SSSR count). The van der Waals surface area contributed by atoms with Crippen molar-refractivity contribution in [1.82, 2.24) is 0 Å². The molecule has 0 amide bonds. The van der Waals surface area contributed by atoms with Crippen LogP contribution in [0.15, 0.2) is 47.1 Å². The predicted molar refractivity (Wildman–Crippen MR) is 54.5 cm³/mol. The Morgan fingerprint density at radius 1 is 1.27 bits per heavy atom. The predicted octanol–water partition coefficient (Wildman–Crippen LogP) is 2.00. The number of carbonyl (C=O) groups excluding carboxylic acids is 1. The molecule has 3 nitrogen and oxygen atoms in total. The second kappa shape index (κ2) is 4.11. The zero-order chi connectivity index (χ0) is 10.7. The highest BCUT2D eigenvalue weighted by Crippen LogP contribution is 2.13. The molecule has 1 aromatic carbocycles. The van der Waals surface area contributed by atoms with Crippen LogP contribution in [-0.2, 0) is 6.61 Å². The highest BCUT2D eigenvalue weighted by molar-refractivity contribution is 6.07. The molecule has 0 fully saturated rings. The summed E-state index contributed by atoms with van der Waals surface area (Å²) < 4.78 is 5.06. The van der Waals surface area contributed by atoms with Crippen LogP contribution in [0.4, 0.5) is 0 Å². The summed E-state index contributed by atoms with van der Waals surface area (Å²) in [5, 5.41) is 8.83. The number of rotatable bonds is 3. The number of hydrogen-bond donors (Lipinski definition) is 1. The van der Waals surface area contributed by atoms with Crippen molar-refractivity contribution in [2.24, 2.45) is 0 Å². The second-order valence-corrected chi connectivity index (χ2v) is 3.17.